The number of halogens is 1. The third kappa shape index (κ3) is 1.80. The van der Waals surface area contributed by atoms with Crippen molar-refractivity contribution in [3.8, 4) is 0 Å². The van der Waals surface area contributed by atoms with Crippen LogP contribution in [0.25, 0.3) is 0 Å². The first-order valence-electron chi connectivity index (χ1n) is 5.75. The van der Waals surface area contributed by atoms with Crippen LogP contribution in [0.1, 0.15) is 35.6 Å². The van der Waals surface area contributed by atoms with Crippen LogP contribution in [0, 0.1) is 0 Å². The van der Waals surface area contributed by atoms with Crippen molar-refractivity contribution in [2.24, 2.45) is 0 Å². The summed E-state index contributed by atoms with van der Waals surface area (Å²) in [5, 5.41) is 4.78. The highest BCUT2D eigenvalue weighted by molar-refractivity contribution is 6.30. The van der Waals surface area contributed by atoms with Crippen LogP contribution < -0.4 is 5.73 Å². The van der Waals surface area contributed by atoms with Crippen LogP contribution in [0.4, 0.5) is 5.88 Å². The fraction of sp³-hybridized carbons (Fsp3) is 0.308. The molecule has 1 unspecified atom stereocenters. The van der Waals surface area contributed by atoms with E-state index in [0.717, 1.165) is 35.5 Å². The summed E-state index contributed by atoms with van der Waals surface area (Å²) in [6, 6.07) is 7.92. The van der Waals surface area contributed by atoms with Gasteiger partial charge < -0.3 is 10.3 Å². The van der Waals surface area contributed by atoms with Crippen LogP contribution in [0.2, 0.25) is 5.02 Å². The molecule has 0 spiro atoms. The van der Waals surface area contributed by atoms with Gasteiger partial charge in [-0.25, -0.2) is 0 Å². The van der Waals surface area contributed by atoms with Gasteiger partial charge in [0.2, 0.25) is 5.88 Å². The largest absolute Gasteiger partial charge is 0.367 e. The van der Waals surface area contributed by atoms with Gasteiger partial charge in [0.05, 0.1) is 5.69 Å². The lowest BCUT2D eigenvalue weighted by Crippen LogP contribution is -2.11. The first-order chi connectivity index (χ1) is 8.25. The monoisotopic (exact) mass is 248 g/mol. The van der Waals surface area contributed by atoms with Crippen molar-refractivity contribution in [2.75, 3.05) is 5.73 Å². The van der Waals surface area contributed by atoms with Gasteiger partial charge in [-0.2, -0.15) is 0 Å². The molecule has 0 saturated carbocycles. The lowest BCUT2D eigenvalue weighted by molar-refractivity contribution is 0.427. The van der Waals surface area contributed by atoms with Crippen molar-refractivity contribution in [1.29, 1.82) is 0 Å². The van der Waals surface area contributed by atoms with Gasteiger partial charge >= 0.3 is 0 Å². The molecule has 0 radical (unpaired) electrons. The summed E-state index contributed by atoms with van der Waals surface area (Å²) in [4.78, 5) is 0. The van der Waals surface area contributed by atoms with Gasteiger partial charge in [-0.15, -0.1) is 0 Å². The van der Waals surface area contributed by atoms with Gasteiger partial charge in [0.25, 0.3) is 0 Å². The summed E-state index contributed by atoms with van der Waals surface area (Å²) >= 11 is 5.91. The third-order valence-electron chi connectivity index (χ3n) is 3.36. The Bertz CT molecular complexity index is 533. The van der Waals surface area contributed by atoms with Crippen molar-refractivity contribution >= 4 is 17.5 Å². The predicted octanol–water partition coefficient (Wildman–Crippen LogP) is 3.38. The number of anilines is 1. The molecule has 3 nitrogen and oxygen atoms in total. The second-order valence-corrected chi connectivity index (χ2v) is 4.84. The Labute approximate surface area is 105 Å². The van der Waals surface area contributed by atoms with E-state index in [1.165, 1.54) is 5.56 Å². The molecule has 1 aromatic carbocycles. The second kappa shape index (κ2) is 4.08. The number of nitrogen functional groups attached to an aromatic ring is 1. The highest BCUT2D eigenvalue weighted by Crippen LogP contribution is 2.39. The van der Waals surface area contributed by atoms with E-state index in [1.54, 1.807) is 0 Å². The zero-order valence-electron chi connectivity index (χ0n) is 9.32. The summed E-state index contributed by atoms with van der Waals surface area (Å²) in [5.41, 5.74) is 9.17. The number of aromatic nitrogens is 1. The lowest BCUT2D eigenvalue weighted by Gasteiger charge is -2.21. The van der Waals surface area contributed by atoms with Crippen molar-refractivity contribution in [2.45, 2.75) is 25.2 Å². The Morgan fingerprint density at radius 1 is 1.29 bits per heavy atom. The predicted molar refractivity (Wildman–Crippen MR) is 67.1 cm³/mol. The van der Waals surface area contributed by atoms with Gasteiger partial charge in [0, 0.05) is 16.5 Å². The fourth-order valence-corrected chi connectivity index (χ4v) is 2.67. The number of nitrogens with zero attached hydrogens (tertiary/aromatic N) is 1. The quantitative estimate of drug-likeness (QED) is 0.842. The Balaban J connectivity index is 2.05. The summed E-state index contributed by atoms with van der Waals surface area (Å²) in [6.07, 6.45) is 3.16. The van der Waals surface area contributed by atoms with Crippen LogP contribution in [0.15, 0.2) is 28.8 Å². The number of nitrogens with two attached hydrogens (primary N) is 1. The van der Waals surface area contributed by atoms with Gasteiger partial charge in [0.1, 0.15) is 0 Å². The van der Waals surface area contributed by atoms with Crippen molar-refractivity contribution in [1.82, 2.24) is 5.16 Å². The van der Waals surface area contributed by atoms with Crippen LogP contribution in [-0.4, -0.2) is 5.16 Å². The Hall–Kier alpha value is -1.48. The standard InChI is InChI=1S/C13H13ClN2O/c14-9-6-4-8(5-7-9)10-2-1-3-11-12(10)13(15)17-16-11/h4-7,10H,1-3,15H2. The summed E-state index contributed by atoms with van der Waals surface area (Å²) < 4.78 is 5.09. The molecule has 0 saturated heterocycles. The smallest absolute Gasteiger partial charge is 0.226 e. The highest BCUT2D eigenvalue weighted by atomic mass is 35.5. The number of benzene rings is 1. The molecule has 1 aromatic heterocycles. The molecule has 1 aliphatic rings. The third-order valence-corrected chi connectivity index (χ3v) is 3.61. The molecular formula is C13H13ClN2O. The van der Waals surface area contributed by atoms with E-state index in [2.05, 4.69) is 17.3 Å². The van der Waals surface area contributed by atoms with Gasteiger partial charge in [-0.1, -0.05) is 28.9 Å². The van der Waals surface area contributed by atoms with Crippen molar-refractivity contribution < 1.29 is 4.52 Å². The maximum atomic E-state index is 5.91. The number of fused-ring (bicyclic) bond motifs is 1. The molecule has 1 aliphatic carbocycles. The second-order valence-electron chi connectivity index (χ2n) is 4.40. The maximum absolute atomic E-state index is 5.91. The average Bonchev–Trinajstić information content (AvgIpc) is 2.73. The highest BCUT2D eigenvalue weighted by Gasteiger charge is 2.28. The topological polar surface area (TPSA) is 52.0 Å². The Morgan fingerprint density at radius 2 is 2.06 bits per heavy atom. The minimum atomic E-state index is 0.294. The van der Waals surface area contributed by atoms with Crippen LogP contribution >= 0.6 is 11.6 Å². The van der Waals surface area contributed by atoms with Crippen LogP contribution in [-0.2, 0) is 6.42 Å². The summed E-state index contributed by atoms with van der Waals surface area (Å²) in [7, 11) is 0. The van der Waals surface area contributed by atoms with E-state index in [-0.39, 0.29) is 0 Å². The van der Waals surface area contributed by atoms with E-state index in [4.69, 9.17) is 21.9 Å². The van der Waals surface area contributed by atoms with Gasteiger partial charge in [-0.3, -0.25) is 0 Å². The van der Waals surface area contributed by atoms with E-state index < -0.39 is 0 Å². The minimum absolute atomic E-state index is 0.294. The first-order valence-corrected chi connectivity index (χ1v) is 6.13. The number of hydrogen-bond donors (Lipinski definition) is 1. The molecule has 4 heteroatoms. The van der Waals surface area contributed by atoms with Crippen molar-refractivity contribution in [3.05, 3.63) is 46.1 Å². The average molecular weight is 249 g/mol. The van der Waals surface area contributed by atoms with E-state index in [1.807, 2.05) is 12.1 Å². The maximum Gasteiger partial charge on any atom is 0.226 e. The van der Waals surface area contributed by atoms with Crippen LogP contribution in [0.3, 0.4) is 0 Å². The molecule has 0 bridgehead atoms. The van der Waals surface area contributed by atoms with Crippen molar-refractivity contribution in [3.63, 3.8) is 0 Å². The molecule has 2 N–H and O–H groups in total. The zero-order valence-corrected chi connectivity index (χ0v) is 10.1. The molecule has 0 aliphatic heterocycles. The number of rotatable bonds is 1. The zero-order chi connectivity index (χ0) is 11.8. The molecular weight excluding hydrogens is 236 g/mol. The Morgan fingerprint density at radius 3 is 2.82 bits per heavy atom. The number of aryl methyl sites for hydroxylation is 1. The SMILES string of the molecule is Nc1onc2c1C(c1ccc(Cl)cc1)CCC2. The van der Waals surface area contributed by atoms with Gasteiger partial charge in [0.15, 0.2) is 0 Å². The molecule has 2 aromatic rings. The molecule has 0 amide bonds. The molecule has 88 valence electrons. The van der Waals surface area contributed by atoms with Crippen LogP contribution in [0.5, 0.6) is 0 Å². The molecule has 3 rings (SSSR count). The lowest BCUT2D eigenvalue weighted by atomic mass is 9.82. The fourth-order valence-electron chi connectivity index (χ4n) is 2.54. The minimum Gasteiger partial charge on any atom is -0.367 e. The molecule has 0 fully saturated rings. The Kier molecular flexibility index (Phi) is 2.56. The van der Waals surface area contributed by atoms with Gasteiger partial charge in [-0.05, 0) is 37.0 Å². The first kappa shape index (κ1) is 10.7. The summed E-state index contributed by atoms with van der Waals surface area (Å²) in [5.74, 6) is 0.752. The van der Waals surface area contributed by atoms with E-state index >= 15 is 0 Å². The normalized spacial score (nSPS) is 19.0. The molecule has 1 heterocycles. The summed E-state index contributed by atoms with van der Waals surface area (Å²) in [6.45, 7) is 0. The van der Waals surface area contributed by atoms with E-state index in [9.17, 15) is 0 Å². The van der Waals surface area contributed by atoms with E-state index in [0.29, 0.717) is 11.8 Å². The molecule has 17 heavy (non-hydrogen) atoms. The molecule has 1 atom stereocenters. The number of hydrogen-bond acceptors (Lipinski definition) is 3.